The monoisotopic (exact) mass is 429 g/mol. The molecule has 0 unspecified atom stereocenters. The van der Waals surface area contributed by atoms with Gasteiger partial charge in [0.25, 0.3) is 0 Å². The number of hydrogen-bond donors (Lipinski definition) is 0. The fourth-order valence-corrected chi connectivity index (χ4v) is 6.35. The average Bonchev–Trinajstić information content (AvgIpc) is 2.71. The number of benzene rings is 2. The SMILES string of the molecule is COc1ccc2c(c1)O[C@@]1(C)C[C@H]2[C@H](S(=O)(=O)c2ccc(C(C)C)cc2)C(=O)N1C. The maximum absolute atomic E-state index is 13.6. The van der Waals surface area contributed by atoms with Gasteiger partial charge in [-0.3, -0.25) is 4.79 Å². The molecule has 0 aliphatic carbocycles. The van der Waals surface area contributed by atoms with Gasteiger partial charge in [0.05, 0.1) is 12.0 Å². The largest absolute Gasteiger partial charge is 0.497 e. The zero-order chi connectivity index (χ0) is 21.8. The lowest BCUT2D eigenvalue weighted by Gasteiger charge is -2.51. The highest BCUT2D eigenvalue weighted by Crippen LogP contribution is 2.50. The summed E-state index contributed by atoms with van der Waals surface area (Å²) < 4.78 is 38.8. The predicted molar refractivity (Wildman–Crippen MR) is 114 cm³/mol. The Bertz CT molecular complexity index is 1090. The lowest BCUT2D eigenvalue weighted by Crippen LogP contribution is -2.64. The number of rotatable bonds is 4. The van der Waals surface area contributed by atoms with Crippen LogP contribution in [-0.4, -0.2) is 44.4 Å². The van der Waals surface area contributed by atoms with Gasteiger partial charge in [0.2, 0.25) is 5.91 Å². The molecule has 0 saturated carbocycles. The number of nitrogens with zero attached hydrogens (tertiary/aromatic N) is 1. The highest BCUT2D eigenvalue weighted by molar-refractivity contribution is 7.92. The maximum Gasteiger partial charge on any atom is 0.244 e. The van der Waals surface area contributed by atoms with Crippen molar-refractivity contribution in [3.63, 3.8) is 0 Å². The van der Waals surface area contributed by atoms with Crippen LogP contribution < -0.4 is 9.47 Å². The van der Waals surface area contributed by atoms with Gasteiger partial charge in [0.1, 0.15) is 11.5 Å². The quantitative estimate of drug-likeness (QED) is 0.741. The molecule has 2 heterocycles. The summed E-state index contributed by atoms with van der Waals surface area (Å²) in [5, 5.41) is -1.20. The first-order valence-electron chi connectivity index (χ1n) is 10.1. The molecule has 0 aromatic heterocycles. The van der Waals surface area contributed by atoms with Crippen molar-refractivity contribution in [1.82, 2.24) is 4.90 Å². The van der Waals surface area contributed by atoms with Gasteiger partial charge in [-0.15, -0.1) is 0 Å². The number of piperidine rings is 1. The molecule has 0 spiro atoms. The smallest absolute Gasteiger partial charge is 0.244 e. The van der Waals surface area contributed by atoms with Crippen LogP contribution in [0.2, 0.25) is 0 Å². The molecule has 1 fully saturated rings. The van der Waals surface area contributed by atoms with Crippen LogP contribution in [0.1, 0.15) is 50.2 Å². The first-order chi connectivity index (χ1) is 14.1. The second kappa shape index (κ2) is 7.01. The molecule has 7 heteroatoms. The Kier molecular flexibility index (Phi) is 4.84. The summed E-state index contributed by atoms with van der Waals surface area (Å²) in [7, 11) is -0.729. The molecule has 1 saturated heterocycles. The topological polar surface area (TPSA) is 72.9 Å². The van der Waals surface area contributed by atoms with E-state index in [1.807, 2.05) is 19.1 Å². The van der Waals surface area contributed by atoms with E-state index < -0.39 is 32.6 Å². The van der Waals surface area contributed by atoms with Crippen molar-refractivity contribution in [3.05, 3.63) is 53.6 Å². The Hall–Kier alpha value is -2.54. The minimum atomic E-state index is -3.90. The van der Waals surface area contributed by atoms with Crippen molar-refractivity contribution < 1.29 is 22.7 Å². The van der Waals surface area contributed by atoms with Gasteiger partial charge in [-0.1, -0.05) is 32.0 Å². The molecule has 4 rings (SSSR count). The normalized spacial score (nSPS) is 25.7. The van der Waals surface area contributed by atoms with Crippen molar-refractivity contribution in [2.45, 2.75) is 54.9 Å². The van der Waals surface area contributed by atoms with E-state index in [4.69, 9.17) is 9.47 Å². The molecule has 6 nitrogen and oxygen atoms in total. The lowest BCUT2D eigenvalue weighted by atomic mass is 9.80. The van der Waals surface area contributed by atoms with E-state index in [-0.39, 0.29) is 4.90 Å². The number of carbonyl (C=O) groups is 1. The predicted octanol–water partition coefficient (Wildman–Crippen LogP) is 3.72. The molecule has 2 aliphatic rings. The minimum Gasteiger partial charge on any atom is -0.497 e. The van der Waals surface area contributed by atoms with Crippen LogP contribution in [0, 0.1) is 0 Å². The van der Waals surface area contributed by atoms with Crippen LogP contribution in [-0.2, 0) is 14.6 Å². The van der Waals surface area contributed by atoms with E-state index in [0.29, 0.717) is 23.8 Å². The third-order valence-corrected chi connectivity index (χ3v) is 8.54. The van der Waals surface area contributed by atoms with Gasteiger partial charge < -0.3 is 14.4 Å². The molecular formula is C23H27NO5S. The molecule has 2 bridgehead atoms. The van der Waals surface area contributed by atoms with E-state index in [9.17, 15) is 13.2 Å². The van der Waals surface area contributed by atoms with E-state index in [2.05, 4.69) is 13.8 Å². The number of methoxy groups -OCH3 is 1. The molecular weight excluding hydrogens is 402 g/mol. The summed E-state index contributed by atoms with van der Waals surface area (Å²) in [6, 6.07) is 12.2. The van der Waals surface area contributed by atoms with Crippen LogP contribution >= 0.6 is 0 Å². The van der Waals surface area contributed by atoms with Gasteiger partial charge in [-0.05, 0) is 42.2 Å². The molecule has 3 atom stereocenters. The third kappa shape index (κ3) is 3.07. The summed E-state index contributed by atoms with van der Waals surface area (Å²) >= 11 is 0. The van der Waals surface area contributed by atoms with Crippen LogP contribution in [0.25, 0.3) is 0 Å². The van der Waals surface area contributed by atoms with Crippen LogP contribution in [0.4, 0.5) is 0 Å². The van der Waals surface area contributed by atoms with Crippen LogP contribution in [0.5, 0.6) is 11.5 Å². The molecule has 0 N–H and O–H groups in total. The molecule has 0 radical (unpaired) electrons. The Morgan fingerprint density at radius 3 is 2.43 bits per heavy atom. The summed E-state index contributed by atoms with van der Waals surface area (Å²) in [5.74, 6) is 0.534. The number of carbonyl (C=O) groups excluding carboxylic acids is 1. The van der Waals surface area contributed by atoms with Crippen molar-refractivity contribution in [2.75, 3.05) is 14.2 Å². The van der Waals surface area contributed by atoms with E-state index in [0.717, 1.165) is 11.1 Å². The summed E-state index contributed by atoms with van der Waals surface area (Å²) in [6.45, 7) is 5.93. The maximum atomic E-state index is 13.6. The zero-order valence-electron chi connectivity index (χ0n) is 17.9. The first-order valence-corrected chi connectivity index (χ1v) is 11.6. The Labute approximate surface area is 177 Å². The third-order valence-electron chi connectivity index (χ3n) is 6.41. The Morgan fingerprint density at radius 2 is 1.83 bits per heavy atom. The van der Waals surface area contributed by atoms with Gasteiger partial charge in [-0.25, -0.2) is 8.42 Å². The second-order valence-corrected chi connectivity index (χ2v) is 10.6. The zero-order valence-corrected chi connectivity index (χ0v) is 18.7. The van der Waals surface area contributed by atoms with Gasteiger partial charge in [0, 0.05) is 25.5 Å². The first kappa shape index (κ1) is 20.7. The van der Waals surface area contributed by atoms with Crippen LogP contribution in [0.15, 0.2) is 47.4 Å². The Morgan fingerprint density at radius 1 is 1.17 bits per heavy atom. The van der Waals surface area contributed by atoms with Gasteiger partial charge in [0.15, 0.2) is 20.8 Å². The second-order valence-electron chi connectivity index (χ2n) is 8.58. The summed E-state index contributed by atoms with van der Waals surface area (Å²) in [4.78, 5) is 14.9. The van der Waals surface area contributed by atoms with Crippen molar-refractivity contribution in [3.8, 4) is 11.5 Å². The number of sulfone groups is 1. The molecule has 1 amide bonds. The van der Waals surface area contributed by atoms with Crippen LogP contribution in [0.3, 0.4) is 0 Å². The average molecular weight is 430 g/mol. The van der Waals surface area contributed by atoms with Crippen molar-refractivity contribution in [1.29, 1.82) is 0 Å². The number of ether oxygens (including phenoxy) is 2. The molecule has 2 aromatic carbocycles. The van der Waals surface area contributed by atoms with Gasteiger partial charge in [-0.2, -0.15) is 0 Å². The molecule has 2 aliphatic heterocycles. The van der Waals surface area contributed by atoms with E-state index in [1.165, 1.54) is 4.90 Å². The minimum absolute atomic E-state index is 0.170. The summed E-state index contributed by atoms with van der Waals surface area (Å²) in [5.41, 5.74) is 0.869. The van der Waals surface area contributed by atoms with E-state index >= 15 is 0 Å². The standard InChI is InChI=1S/C23H27NO5S/c1-14(2)15-6-9-17(10-7-15)30(26,27)21-19-13-23(3,24(4)22(21)25)29-20-12-16(28-5)8-11-18(19)20/h6-12,14,19,21H,13H2,1-5H3/t19-,21+,23+/m1/s1. The number of hydrogen-bond acceptors (Lipinski definition) is 5. The Balaban J connectivity index is 1.83. The molecule has 30 heavy (non-hydrogen) atoms. The molecule has 2 aromatic rings. The number of amides is 1. The fourth-order valence-electron chi connectivity index (χ4n) is 4.44. The fraction of sp³-hybridized carbons (Fsp3) is 0.435. The van der Waals surface area contributed by atoms with Gasteiger partial charge >= 0.3 is 0 Å². The molecule has 160 valence electrons. The lowest BCUT2D eigenvalue weighted by molar-refractivity contribution is -0.159. The number of fused-ring (bicyclic) bond motifs is 4. The highest BCUT2D eigenvalue weighted by atomic mass is 32.2. The van der Waals surface area contributed by atoms with Crippen molar-refractivity contribution >= 4 is 15.7 Å². The van der Waals surface area contributed by atoms with Crippen molar-refractivity contribution in [2.24, 2.45) is 0 Å². The van der Waals surface area contributed by atoms with E-state index in [1.54, 1.807) is 44.5 Å². The number of likely N-dealkylation sites (tertiary alicyclic amines) is 1. The summed E-state index contributed by atoms with van der Waals surface area (Å²) in [6.07, 6.45) is 0.405. The highest BCUT2D eigenvalue weighted by Gasteiger charge is 2.57.